The Kier molecular flexibility index (Phi) is 4.33. The highest BCUT2D eigenvalue weighted by atomic mass is 35.5. The average molecular weight is 228 g/mol. The summed E-state index contributed by atoms with van der Waals surface area (Å²) in [6.07, 6.45) is 2.87. The van der Waals surface area contributed by atoms with Crippen LogP contribution in [0.15, 0.2) is 6.20 Å². The van der Waals surface area contributed by atoms with Crippen LogP contribution in [0.1, 0.15) is 32.8 Å². The maximum atomic E-state index is 5.82. The Balaban J connectivity index is 3.04. The van der Waals surface area contributed by atoms with Gasteiger partial charge in [0.15, 0.2) is 0 Å². The summed E-state index contributed by atoms with van der Waals surface area (Å²) in [5.74, 6) is 0.951. The van der Waals surface area contributed by atoms with Crippen LogP contribution in [0.25, 0.3) is 0 Å². The van der Waals surface area contributed by atoms with Crippen LogP contribution < -0.4 is 4.90 Å². The molecule has 1 rings (SSSR count). The summed E-state index contributed by atoms with van der Waals surface area (Å²) in [5.41, 5.74) is 1.07. The first-order chi connectivity index (χ1) is 7.06. The van der Waals surface area contributed by atoms with E-state index in [1.807, 2.05) is 6.92 Å². The zero-order chi connectivity index (χ0) is 11.4. The van der Waals surface area contributed by atoms with E-state index in [4.69, 9.17) is 11.6 Å². The number of halogens is 1. The lowest BCUT2D eigenvalue weighted by Crippen LogP contribution is -2.33. The van der Waals surface area contributed by atoms with Gasteiger partial charge in [-0.2, -0.15) is 0 Å². The van der Waals surface area contributed by atoms with E-state index in [9.17, 15) is 0 Å². The van der Waals surface area contributed by atoms with E-state index in [1.54, 1.807) is 6.20 Å². The van der Waals surface area contributed by atoms with E-state index in [1.165, 1.54) is 0 Å². The summed E-state index contributed by atoms with van der Waals surface area (Å²) < 4.78 is 0. The average Bonchev–Trinajstić information content (AvgIpc) is 2.18. The van der Waals surface area contributed by atoms with Gasteiger partial charge in [-0.3, -0.25) is 0 Å². The number of hydrogen-bond donors (Lipinski definition) is 0. The van der Waals surface area contributed by atoms with Gasteiger partial charge < -0.3 is 4.90 Å². The highest BCUT2D eigenvalue weighted by Crippen LogP contribution is 2.20. The molecular formula is C11H18ClN3. The number of nitrogens with zero attached hydrogens (tertiary/aromatic N) is 3. The molecule has 3 nitrogen and oxygen atoms in total. The van der Waals surface area contributed by atoms with Crippen molar-refractivity contribution in [1.82, 2.24) is 9.97 Å². The summed E-state index contributed by atoms with van der Waals surface area (Å²) in [6.45, 7) is 9.48. The van der Waals surface area contributed by atoms with Crippen molar-refractivity contribution >= 4 is 17.4 Å². The van der Waals surface area contributed by atoms with Crippen LogP contribution in [0, 0.1) is 6.92 Å². The summed E-state index contributed by atoms with van der Waals surface area (Å²) in [6, 6.07) is 0.426. The molecule has 0 aliphatic carbocycles. The standard InChI is InChI=1S/C11H18ClN3/c1-5-6-15(8(2)3)10-9(4)7-13-11(12)14-10/h7-8H,5-6H2,1-4H3. The fourth-order valence-corrected chi connectivity index (χ4v) is 1.68. The van der Waals surface area contributed by atoms with Crippen molar-refractivity contribution in [1.29, 1.82) is 0 Å². The number of rotatable bonds is 4. The molecule has 0 radical (unpaired) electrons. The normalized spacial score (nSPS) is 10.8. The molecule has 0 saturated heterocycles. The van der Waals surface area contributed by atoms with Crippen LogP contribution >= 0.6 is 11.6 Å². The van der Waals surface area contributed by atoms with Crippen molar-refractivity contribution in [2.45, 2.75) is 40.2 Å². The molecule has 0 aromatic carbocycles. The third-order valence-electron chi connectivity index (χ3n) is 2.28. The van der Waals surface area contributed by atoms with Crippen molar-refractivity contribution in [2.24, 2.45) is 0 Å². The Bertz CT molecular complexity index is 326. The highest BCUT2D eigenvalue weighted by Gasteiger charge is 2.14. The molecule has 4 heteroatoms. The van der Waals surface area contributed by atoms with Crippen LogP contribution in [0.3, 0.4) is 0 Å². The topological polar surface area (TPSA) is 29.0 Å². The Labute approximate surface area is 96.5 Å². The SMILES string of the molecule is CCCN(c1nc(Cl)ncc1C)C(C)C. The molecule has 0 spiro atoms. The monoisotopic (exact) mass is 227 g/mol. The Morgan fingerprint density at radius 3 is 2.67 bits per heavy atom. The van der Waals surface area contributed by atoms with Crippen LogP contribution in [-0.4, -0.2) is 22.6 Å². The van der Waals surface area contributed by atoms with Crippen molar-refractivity contribution < 1.29 is 0 Å². The minimum atomic E-state index is 0.317. The van der Waals surface area contributed by atoms with Gasteiger partial charge in [0.25, 0.3) is 0 Å². The van der Waals surface area contributed by atoms with E-state index in [0.29, 0.717) is 11.3 Å². The first-order valence-corrected chi connectivity index (χ1v) is 5.69. The molecule has 0 fully saturated rings. The molecule has 0 amide bonds. The Morgan fingerprint density at radius 2 is 2.13 bits per heavy atom. The highest BCUT2D eigenvalue weighted by molar-refractivity contribution is 6.28. The van der Waals surface area contributed by atoms with Gasteiger partial charge in [-0.1, -0.05) is 6.92 Å². The molecule has 1 heterocycles. The van der Waals surface area contributed by atoms with Crippen LogP contribution in [0.2, 0.25) is 5.28 Å². The van der Waals surface area contributed by atoms with Gasteiger partial charge in [-0.25, -0.2) is 9.97 Å². The fraction of sp³-hybridized carbons (Fsp3) is 0.636. The molecule has 84 valence electrons. The van der Waals surface area contributed by atoms with Gasteiger partial charge in [-0.15, -0.1) is 0 Å². The Hall–Kier alpha value is -0.830. The number of anilines is 1. The first kappa shape index (κ1) is 12.2. The molecule has 0 unspecified atom stereocenters. The van der Waals surface area contributed by atoms with Gasteiger partial charge in [0, 0.05) is 24.3 Å². The van der Waals surface area contributed by atoms with E-state index >= 15 is 0 Å². The van der Waals surface area contributed by atoms with E-state index in [2.05, 4.69) is 35.6 Å². The lowest BCUT2D eigenvalue weighted by atomic mass is 10.2. The third-order valence-corrected chi connectivity index (χ3v) is 2.46. The minimum Gasteiger partial charge on any atom is -0.354 e. The quantitative estimate of drug-likeness (QED) is 0.741. The van der Waals surface area contributed by atoms with Gasteiger partial charge in [0.2, 0.25) is 5.28 Å². The smallest absolute Gasteiger partial charge is 0.224 e. The molecule has 0 aliphatic rings. The second kappa shape index (κ2) is 5.31. The van der Waals surface area contributed by atoms with Crippen LogP contribution in [0.4, 0.5) is 5.82 Å². The van der Waals surface area contributed by atoms with Gasteiger partial charge in [0.05, 0.1) is 0 Å². The zero-order valence-corrected chi connectivity index (χ0v) is 10.5. The second-order valence-electron chi connectivity index (χ2n) is 3.93. The van der Waals surface area contributed by atoms with Crippen molar-refractivity contribution in [3.63, 3.8) is 0 Å². The zero-order valence-electron chi connectivity index (χ0n) is 9.79. The molecule has 0 bridgehead atoms. The Morgan fingerprint density at radius 1 is 1.47 bits per heavy atom. The van der Waals surface area contributed by atoms with Crippen LogP contribution in [0.5, 0.6) is 0 Å². The van der Waals surface area contributed by atoms with E-state index < -0.39 is 0 Å². The van der Waals surface area contributed by atoms with Crippen LogP contribution in [-0.2, 0) is 0 Å². The molecule has 15 heavy (non-hydrogen) atoms. The summed E-state index contributed by atoms with van der Waals surface area (Å²) >= 11 is 5.82. The first-order valence-electron chi connectivity index (χ1n) is 5.32. The summed E-state index contributed by atoms with van der Waals surface area (Å²) in [5, 5.41) is 0.317. The molecule has 1 aromatic rings. The van der Waals surface area contributed by atoms with Crippen molar-refractivity contribution in [3.8, 4) is 0 Å². The number of aryl methyl sites for hydroxylation is 1. The van der Waals surface area contributed by atoms with E-state index in [0.717, 1.165) is 24.3 Å². The molecule has 1 aromatic heterocycles. The second-order valence-corrected chi connectivity index (χ2v) is 4.27. The number of hydrogen-bond acceptors (Lipinski definition) is 3. The summed E-state index contributed by atoms with van der Waals surface area (Å²) in [4.78, 5) is 10.5. The third kappa shape index (κ3) is 3.06. The number of aromatic nitrogens is 2. The van der Waals surface area contributed by atoms with Crippen molar-refractivity contribution in [2.75, 3.05) is 11.4 Å². The minimum absolute atomic E-state index is 0.317. The summed E-state index contributed by atoms with van der Waals surface area (Å²) in [7, 11) is 0. The lowest BCUT2D eigenvalue weighted by molar-refractivity contribution is 0.658. The fourth-order valence-electron chi connectivity index (χ4n) is 1.55. The molecule has 0 aliphatic heterocycles. The molecular weight excluding hydrogens is 210 g/mol. The molecule has 0 saturated carbocycles. The van der Waals surface area contributed by atoms with Gasteiger partial charge >= 0.3 is 0 Å². The molecule has 0 N–H and O–H groups in total. The largest absolute Gasteiger partial charge is 0.354 e. The molecule has 0 atom stereocenters. The maximum Gasteiger partial charge on any atom is 0.224 e. The van der Waals surface area contributed by atoms with Gasteiger partial charge in [-0.05, 0) is 38.8 Å². The maximum absolute atomic E-state index is 5.82. The lowest BCUT2D eigenvalue weighted by Gasteiger charge is -2.28. The van der Waals surface area contributed by atoms with Gasteiger partial charge in [0.1, 0.15) is 5.82 Å². The van der Waals surface area contributed by atoms with Crippen molar-refractivity contribution in [3.05, 3.63) is 17.0 Å². The van der Waals surface area contributed by atoms with E-state index in [-0.39, 0.29) is 0 Å². The predicted molar refractivity (Wildman–Crippen MR) is 64.6 cm³/mol. The predicted octanol–water partition coefficient (Wildman–Crippen LogP) is 3.06.